The van der Waals surface area contributed by atoms with E-state index in [1.54, 1.807) is 16.0 Å². The highest BCUT2D eigenvalue weighted by molar-refractivity contribution is 9.10. The summed E-state index contributed by atoms with van der Waals surface area (Å²) in [5.74, 6) is 0. The Kier molecular flexibility index (Phi) is 2.21. The molecule has 0 atom stereocenters. The van der Waals surface area contributed by atoms with Gasteiger partial charge in [0, 0.05) is 18.6 Å². The summed E-state index contributed by atoms with van der Waals surface area (Å²) < 4.78 is 2.62. The van der Waals surface area contributed by atoms with Crippen LogP contribution in [0.2, 0.25) is 0 Å². The Balaban J connectivity index is 2.51. The Morgan fingerprint density at radius 3 is 2.77 bits per heavy atom. The predicted molar refractivity (Wildman–Crippen MR) is 56.8 cm³/mol. The summed E-state index contributed by atoms with van der Waals surface area (Å²) in [6.45, 7) is 2.00. The molecule has 0 fully saturated rings. The summed E-state index contributed by atoms with van der Waals surface area (Å²) in [6.07, 6.45) is 1.96. The maximum atomic E-state index is 4.39. The molecule has 2 heterocycles. The van der Waals surface area contributed by atoms with Crippen LogP contribution in [0.3, 0.4) is 0 Å². The highest BCUT2D eigenvalue weighted by atomic mass is 79.9. The summed E-state index contributed by atoms with van der Waals surface area (Å²) in [5, 5.41) is 7.31. The van der Waals surface area contributed by atoms with Crippen LogP contribution >= 0.6 is 27.3 Å². The van der Waals surface area contributed by atoms with Gasteiger partial charge in [-0.3, -0.25) is 4.68 Å². The van der Waals surface area contributed by atoms with Crippen molar-refractivity contribution in [2.75, 3.05) is 0 Å². The van der Waals surface area contributed by atoms with Crippen LogP contribution in [0, 0.1) is 6.92 Å². The quantitative estimate of drug-likeness (QED) is 0.787. The van der Waals surface area contributed by atoms with Crippen molar-refractivity contribution in [3.05, 3.63) is 21.2 Å². The summed E-state index contributed by atoms with van der Waals surface area (Å²) in [5.41, 5.74) is 2.04. The molecule has 0 saturated carbocycles. The number of rotatable bonds is 1. The Morgan fingerprint density at radius 2 is 2.31 bits per heavy atom. The smallest absolute Gasteiger partial charge is 0.137 e. The first kappa shape index (κ1) is 8.90. The Labute approximate surface area is 88.6 Å². The predicted octanol–water partition coefficient (Wildman–Crippen LogP) is 2.61. The first-order valence-corrected chi connectivity index (χ1v) is 5.46. The molecule has 0 radical (unpaired) electrons. The van der Waals surface area contributed by atoms with Crippen LogP contribution in [0.4, 0.5) is 0 Å². The molecule has 2 rings (SSSR count). The van der Waals surface area contributed by atoms with E-state index in [9.17, 15) is 0 Å². The molecule has 0 unspecified atom stereocenters. The molecule has 0 bridgehead atoms. The van der Waals surface area contributed by atoms with Crippen LogP contribution < -0.4 is 0 Å². The second-order valence-electron chi connectivity index (χ2n) is 2.76. The Bertz CT molecular complexity index is 432. The van der Waals surface area contributed by atoms with Crippen molar-refractivity contribution in [3.8, 4) is 11.3 Å². The van der Waals surface area contributed by atoms with Gasteiger partial charge in [-0.05, 0) is 22.9 Å². The fraction of sp³-hybridized carbons (Fsp3) is 0.250. The molecule has 0 amide bonds. The summed E-state index contributed by atoms with van der Waals surface area (Å²) >= 11 is 5.04. The molecule has 0 aromatic carbocycles. The molecular formula is C8H8BrN3S. The molecule has 0 aliphatic carbocycles. The Morgan fingerprint density at radius 1 is 1.54 bits per heavy atom. The van der Waals surface area contributed by atoms with Crippen LogP contribution in [0.1, 0.15) is 5.01 Å². The van der Waals surface area contributed by atoms with Gasteiger partial charge in [0.2, 0.25) is 0 Å². The molecule has 5 heteroatoms. The van der Waals surface area contributed by atoms with E-state index in [0.717, 1.165) is 20.9 Å². The average Bonchev–Trinajstić information content (AvgIpc) is 2.58. The number of hydrogen-bond donors (Lipinski definition) is 0. The molecule has 0 aliphatic rings. The van der Waals surface area contributed by atoms with Crippen molar-refractivity contribution < 1.29 is 0 Å². The van der Waals surface area contributed by atoms with Gasteiger partial charge in [-0.15, -0.1) is 11.3 Å². The fourth-order valence-electron chi connectivity index (χ4n) is 1.12. The first-order valence-electron chi connectivity index (χ1n) is 3.78. The van der Waals surface area contributed by atoms with Crippen molar-refractivity contribution in [2.24, 2.45) is 7.05 Å². The normalized spacial score (nSPS) is 10.7. The Hall–Kier alpha value is -0.680. The molecular weight excluding hydrogens is 250 g/mol. The van der Waals surface area contributed by atoms with Crippen LogP contribution in [0.25, 0.3) is 11.3 Å². The average molecular weight is 258 g/mol. The van der Waals surface area contributed by atoms with Gasteiger partial charge in [-0.1, -0.05) is 0 Å². The summed E-state index contributed by atoms with van der Waals surface area (Å²) in [4.78, 5) is 4.39. The molecule has 3 nitrogen and oxygen atoms in total. The molecule has 0 aliphatic heterocycles. The van der Waals surface area contributed by atoms with Gasteiger partial charge in [-0.25, -0.2) is 4.98 Å². The SMILES string of the molecule is Cc1nc(-c2cn(C)nc2Br)cs1. The number of thiazole rings is 1. The van der Waals surface area contributed by atoms with Gasteiger partial charge in [0.05, 0.1) is 16.3 Å². The maximum absolute atomic E-state index is 4.39. The molecule has 13 heavy (non-hydrogen) atoms. The van der Waals surface area contributed by atoms with Crippen molar-refractivity contribution in [2.45, 2.75) is 6.92 Å². The number of hydrogen-bond acceptors (Lipinski definition) is 3. The molecule has 68 valence electrons. The topological polar surface area (TPSA) is 30.7 Å². The van der Waals surface area contributed by atoms with Gasteiger partial charge in [0.15, 0.2) is 0 Å². The second-order valence-corrected chi connectivity index (χ2v) is 4.57. The van der Waals surface area contributed by atoms with Crippen LogP contribution in [-0.2, 0) is 7.05 Å². The van der Waals surface area contributed by atoms with Gasteiger partial charge in [-0.2, -0.15) is 5.10 Å². The van der Waals surface area contributed by atoms with E-state index in [-0.39, 0.29) is 0 Å². The molecule has 0 N–H and O–H groups in total. The molecule has 2 aromatic heterocycles. The summed E-state index contributed by atoms with van der Waals surface area (Å²) in [6, 6.07) is 0. The van der Waals surface area contributed by atoms with Crippen LogP contribution in [0.5, 0.6) is 0 Å². The zero-order chi connectivity index (χ0) is 9.42. The maximum Gasteiger partial charge on any atom is 0.137 e. The van der Waals surface area contributed by atoms with E-state index in [4.69, 9.17) is 0 Å². The van der Waals surface area contributed by atoms with E-state index in [1.807, 2.05) is 25.5 Å². The third-order valence-corrected chi connectivity index (χ3v) is 3.04. The van der Waals surface area contributed by atoms with Gasteiger partial charge in [0.25, 0.3) is 0 Å². The second kappa shape index (κ2) is 3.23. The lowest BCUT2D eigenvalue weighted by Crippen LogP contribution is -1.84. The minimum atomic E-state index is 0.848. The van der Waals surface area contributed by atoms with Crippen LogP contribution in [0.15, 0.2) is 16.2 Å². The third-order valence-electron chi connectivity index (χ3n) is 1.68. The number of halogens is 1. The zero-order valence-corrected chi connectivity index (χ0v) is 9.69. The first-order chi connectivity index (χ1) is 6.16. The van der Waals surface area contributed by atoms with Gasteiger partial charge >= 0.3 is 0 Å². The van der Waals surface area contributed by atoms with Gasteiger partial charge in [0.1, 0.15) is 4.60 Å². The number of aryl methyl sites for hydroxylation is 2. The lowest BCUT2D eigenvalue weighted by molar-refractivity contribution is 0.760. The minimum Gasteiger partial charge on any atom is -0.274 e. The molecule has 2 aromatic rings. The highest BCUT2D eigenvalue weighted by Crippen LogP contribution is 2.27. The lowest BCUT2D eigenvalue weighted by atomic mass is 10.3. The van der Waals surface area contributed by atoms with E-state index in [2.05, 4.69) is 26.0 Å². The third kappa shape index (κ3) is 1.66. The molecule has 0 saturated heterocycles. The fourth-order valence-corrected chi connectivity index (χ4v) is 2.29. The van der Waals surface area contributed by atoms with E-state index < -0.39 is 0 Å². The highest BCUT2D eigenvalue weighted by Gasteiger charge is 2.09. The van der Waals surface area contributed by atoms with Gasteiger partial charge < -0.3 is 0 Å². The van der Waals surface area contributed by atoms with Crippen molar-refractivity contribution in [1.29, 1.82) is 0 Å². The lowest BCUT2D eigenvalue weighted by Gasteiger charge is -1.88. The van der Waals surface area contributed by atoms with E-state index in [0.29, 0.717) is 0 Å². The zero-order valence-electron chi connectivity index (χ0n) is 7.28. The number of nitrogens with zero attached hydrogens (tertiary/aromatic N) is 3. The van der Waals surface area contributed by atoms with Crippen LogP contribution in [-0.4, -0.2) is 14.8 Å². The minimum absolute atomic E-state index is 0.848. The van der Waals surface area contributed by atoms with Crippen molar-refractivity contribution >= 4 is 27.3 Å². The van der Waals surface area contributed by atoms with Crippen molar-refractivity contribution in [3.63, 3.8) is 0 Å². The van der Waals surface area contributed by atoms with E-state index >= 15 is 0 Å². The van der Waals surface area contributed by atoms with Crippen molar-refractivity contribution in [1.82, 2.24) is 14.8 Å². The van der Waals surface area contributed by atoms with E-state index in [1.165, 1.54) is 0 Å². The number of aromatic nitrogens is 3. The molecule has 0 spiro atoms. The largest absolute Gasteiger partial charge is 0.274 e. The standard InChI is InChI=1S/C8H8BrN3S/c1-5-10-7(4-13-5)6-3-12(2)11-8(6)9/h3-4H,1-2H3. The monoisotopic (exact) mass is 257 g/mol. The summed E-state index contributed by atoms with van der Waals surface area (Å²) in [7, 11) is 1.90.